The molecule has 12 aromatic rings. The van der Waals surface area contributed by atoms with E-state index in [2.05, 4.69) is 205 Å². The molecule has 0 bridgehead atoms. The highest BCUT2D eigenvalue weighted by Crippen LogP contribution is 2.45. The van der Waals surface area contributed by atoms with Gasteiger partial charge in [-0.1, -0.05) is 158 Å². The van der Waals surface area contributed by atoms with Crippen LogP contribution in [0.5, 0.6) is 0 Å². The quantitative estimate of drug-likeness (QED) is 0.163. The van der Waals surface area contributed by atoms with Crippen molar-refractivity contribution < 1.29 is 0 Å². The Kier molecular flexibility index (Phi) is 6.87. The molecule has 0 unspecified atom stereocenters. The highest BCUT2D eigenvalue weighted by atomic mass is 32.1. The average Bonchev–Trinajstić information content (AvgIpc) is 3.66. The van der Waals surface area contributed by atoms with E-state index in [0.29, 0.717) is 0 Å². The van der Waals surface area contributed by atoms with Crippen LogP contribution in [0.3, 0.4) is 0 Å². The van der Waals surface area contributed by atoms with Crippen molar-refractivity contribution in [2.24, 2.45) is 0 Å². The lowest BCUT2D eigenvalue weighted by Crippen LogP contribution is -2.10. The van der Waals surface area contributed by atoms with E-state index in [1.165, 1.54) is 95.9 Å². The third-order valence-electron chi connectivity index (χ3n) is 11.8. The van der Waals surface area contributed by atoms with Crippen LogP contribution in [0, 0.1) is 0 Å². The average molecular weight is 728 g/mol. The van der Waals surface area contributed by atoms with Gasteiger partial charge < -0.3 is 4.90 Å². The number of hydrogen-bond acceptors (Lipinski definition) is 2. The lowest BCUT2D eigenvalue weighted by atomic mass is 9.93. The predicted octanol–water partition coefficient (Wildman–Crippen LogP) is 16.1. The first-order valence-corrected chi connectivity index (χ1v) is 20.1. The summed E-state index contributed by atoms with van der Waals surface area (Å²) in [4.78, 5) is 2.46. The van der Waals surface area contributed by atoms with Crippen molar-refractivity contribution in [1.82, 2.24) is 0 Å². The highest BCUT2D eigenvalue weighted by Gasteiger charge is 2.19. The van der Waals surface area contributed by atoms with Gasteiger partial charge in [-0.15, -0.1) is 11.3 Å². The van der Waals surface area contributed by atoms with Gasteiger partial charge in [0.15, 0.2) is 0 Å². The minimum atomic E-state index is 1.12. The molecule has 0 saturated heterocycles. The molecule has 0 radical (unpaired) electrons. The largest absolute Gasteiger partial charge is 0.310 e. The maximum absolute atomic E-state index is 2.46. The molecule has 0 spiro atoms. The minimum Gasteiger partial charge on any atom is -0.310 e. The summed E-state index contributed by atoms with van der Waals surface area (Å²) < 4.78 is 2.64. The minimum absolute atomic E-state index is 1.12. The lowest BCUT2D eigenvalue weighted by molar-refractivity contribution is 1.30. The second kappa shape index (κ2) is 12.3. The zero-order chi connectivity index (χ0) is 36.7. The van der Waals surface area contributed by atoms with E-state index in [1.54, 1.807) is 0 Å². The summed E-state index contributed by atoms with van der Waals surface area (Å²) in [5, 5.41) is 17.9. The second-order valence-corrected chi connectivity index (χ2v) is 15.9. The molecule has 0 N–H and O–H groups in total. The van der Waals surface area contributed by atoms with Crippen molar-refractivity contribution in [3.63, 3.8) is 0 Å². The predicted molar refractivity (Wildman–Crippen MR) is 244 cm³/mol. The van der Waals surface area contributed by atoms with Gasteiger partial charge in [0.25, 0.3) is 0 Å². The molecule has 0 atom stereocenters. The van der Waals surface area contributed by atoms with Gasteiger partial charge in [0.05, 0.1) is 0 Å². The van der Waals surface area contributed by atoms with Gasteiger partial charge in [-0.05, 0) is 118 Å². The van der Waals surface area contributed by atoms with Gasteiger partial charge in [0.2, 0.25) is 0 Å². The fraction of sp³-hybridized carbons (Fsp3) is 0. The third-order valence-corrected chi connectivity index (χ3v) is 13.0. The summed E-state index contributed by atoms with van der Waals surface area (Å²) in [5.41, 5.74) is 5.84. The van der Waals surface area contributed by atoms with Crippen LogP contribution in [-0.4, -0.2) is 0 Å². The highest BCUT2D eigenvalue weighted by molar-refractivity contribution is 7.26. The first-order valence-electron chi connectivity index (χ1n) is 19.3. The fourth-order valence-electron chi connectivity index (χ4n) is 9.30. The first kappa shape index (κ1) is 31.4. The zero-order valence-corrected chi connectivity index (χ0v) is 31.2. The van der Waals surface area contributed by atoms with Gasteiger partial charge in [-0.3, -0.25) is 0 Å². The van der Waals surface area contributed by atoms with Crippen molar-refractivity contribution >= 4 is 113 Å². The van der Waals surface area contributed by atoms with Crippen LogP contribution in [0.1, 0.15) is 0 Å². The van der Waals surface area contributed by atoms with Crippen molar-refractivity contribution in [2.75, 3.05) is 4.90 Å². The van der Waals surface area contributed by atoms with E-state index in [0.717, 1.165) is 17.1 Å². The summed E-state index contributed by atoms with van der Waals surface area (Å²) in [5.74, 6) is 0. The number of rotatable bonds is 4. The monoisotopic (exact) mass is 727 g/mol. The van der Waals surface area contributed by atoms with Gasteiger partial charge in [-0.25, -0.2) is 0 Å². The molecule has 0 saturated carbocycles. The fourth-order valence-corrected chi connectivity index (χ4v) is 10.5. The number of anilines is 3. The summed E-state index contributed by atoms with van der Waals surface area (Å²) in [6.45, 7) is 0. The van der Waals surface area contributed by atoms with Crippen LogP contribution in [0.4, 0.5) is 17.1 Å². The number of nitrogens with zero attached hydrogens (tertiary/aromatic N) is 1. The van der Waals surface area contributed by atoms with Crippen LogP contribution < -0.4 is 4.90 Å². The maximum Gasteiger partial charge on any atom is 0.0468 e. The van der Waals surface area contributed by atoms with E-state index >= 15 is 0 Å². The molecule has 1 aromatic heterocycles. The number of thiophene rings is 1. The van der Waals surface area contributed by atoms with Crippen LogP contribution >= 0.6 is 11.3 Å². The Morgan fingerprint density at radius 2 is 0.661 bits per heavy atom. The van der Waals surface area contributed by atoms with Crippen molar-refractivity contribution in [3.8, 4) is 11.1 Å². The molecule has 12 rings (SSSR count). The summed E-state index contributed by atoms with van der Waals surface area (Å²) in [7, 11) is 0. The SMILES string of the molecule is c1cc(-c2cccc3c2sc2ccccc23)cc(N(c2ccc3c4ccccc4c4ccccc4c3c2)c2ccc3c4ccccc4c4ccccc4c3c2)c1. The Morgan fingerprint density at radius 3 is 1.18 bits per heavy atom. The second-order valence-electron chi connectivity index (χ2n) is 14.8. The Bertz CT molecular complexity index is 3330. The Hall–Kier alpha value is -7.00. The molecular weight excluding hydrogens is 695 g/mol. The van der Waals surface area contributed by atoms with Crippen molar-refractivity contribution in [3.05, 3.63) is 200 Å². The van der Waals surface area contributed by atoms with Crippen molar-refractivity contribution in [2.45, 2.75) is 0 Å². The number of benzene rings is 11. The van der Waals surface area contributed by atoms with Crippen LogP contribution in [0.25, 0.3) is 95.9 Å². The first-order chi connectivity index (χ1) is 27.8. The molecular formula is C54H33NS. The van der Waals surface area contributed by atoms with E-state index in [4.69, 9.17) is 0 Å². The molecule has 0 amide bonds. The molecule has 0 aliphatic heterocycles. The molecule has 2 heteroatoms. The molecule has 260 valence electrons. The zero-order valence-electron chi connectivity index (χ0n) is 30.4. The smallest absolute Gasteiger partial charge is 0.0468 e. The molecule has 0 fully saturated rings. The summed E-state index contributed by atoms with van der Waals surface area (Å²) >= 11 is 1.88. The standard InChI is InChI=1S/C54H33NS/c1-3-19-43-39(15-1)41-17-5-7-21-45(41)51-32-36(27-29-47(43)51)55(37-28-30-48-44-20-4-2-16-40(44)42-18-6-8-22-46(42)52(48)33-37)35-14-11-13-34(31-35)38-24-12-25-50-49-23-9-10-26-53(49)56-54(38)50/h1-33H. The maximum atomic E-state index is 2.46. The Balaban J connectivity index is 1.14. The lowest BCUT2D eigenvalue weighted by Gasteiger charge is -2.27. The van der Waals surface area contributed by atoms with Crippen LogP contribution in [-0.2, 0) is 0 Å². The molecule has 1 nitrogen and oxygen atoms in total. The summed E-state index contributed by atoms with van der Waals surface area (Å²) in [6.07, 6.45) is 0. The van der Waals surface area contributed by atoms with Crippen LogP contribution in [0.15, 0.2) is 200 Å². The molecule has 0 aliphatic carbocycles. The topological polar surface area (TPSA) is 3.24 Å². The molecule has 56 heavy (non-hydrogen) atoms. The number of hydrogen-bond donors (Lipinski definition) is 0. The van der Waals surface area contributed by atoms with Gasteiger partial charge >= 0.3 is 0 Å². The third kappa shape index (κ3) is 4.67. The van der Waals surface area contributed by atoms with E-state index in [9.17, 15) is 0 Å². The van der Waals surface area contributed by atoms with E-state index < -0.39 is 0 Å². The van der Waals surface area contributed by atoms with Gasteiger partial charge in [0, 0.05) is 37.2 Å². The summed E-state index contributed by atoms with van der Waals surface area (Å²) in [6, 6.07) is 74.1. The Labute approximate surface area is 327 Å². The number of fused-ring (bicyclic) bond motifs is 15. The van der Waals surface area contributed by atoms with Crippen molar-refractivity contribution in [1.29, 1.82) is 0 Å². The molecule has 11 aromatic carbocycles. The molecule has 1 heterocycles. The van der Waals surface area contributed by atoms with E-state index in [1.807, 2.05) is 11.3 Å². The van der Waals surface area contributed by atoms with Crippen LogP contribution in [0.2, 0.25) is 0 Å². The van der Waals surface area contributed by atoms with E-state index in [-0.39, 0.29) is 0 Å². The van der Waals surface area contributed by atoms with Gasteiger partial charge in [-0.2, -0.15) is 0 Å². The normalized spacial score (nSPS) is 11.9. The Morgan fingerprint density at radius 1 is 0.268 bits per heavy atom. The van der Waals surface area contributed by atoms with Gasteiger partial charge in [0.1, 0.15) is 0 Å². The molecule has 0 aliphatic rings.